The molecule has 0 fully saturated rings. The summed E-state index contributed by atoms with van der Waals surface area (Å²) < 4.78 is 50.4. The number of alkyl halides is 3. The summed E-state index contributed by atoms with van der Waals surface area (Å²) in [5.41, 5.74) is -0.938. The summed E-state index contributed by atoms with van der Waals surface area (Å²) in [5.74, 6) is -1.36. The van der Waals surface area contributed by atoms with Gasteiger partial charge in [-0.15, -0.1) is 0 Å². The van der Waals surface area contributed by atoms with Gasteiger partial charge in [0, 0.05) is 5.56 Å². The molecule has 0 radical (unpaired) electrons. The monoisotopic (exact) mass is 276 g/mol. The molecule has 0 spiro atoms. The first kappa shape index (κ1) is 12.8. The minimum absolute atomic E-state index is 0.0767. The van der Waals surface area contributed by atoms with Gasteiger partial charge in [-0.3, -0.25) is 4.98 Å². The maximum atomic E-state index is 13.3. The van der Waals surface area contributed by atoms with Gasteiger partial charge in [0.05, 0.1) is 23.7 Å². The molecule has 0 aliphatic rings. The number of hydrogen-bond acceptors (Lipinski definition) is 2. The Morgan fingerprint density at radius 2 is 1.83 bits per heavy atom. The van der Waals surface area contributed by atoms with Gasteiger partial charge in [0.1, 0.15) is 11.0 Å². The second-order valence-electron chi connectivity index (χ2n) is 3.42. The third-order valence-electron chi connectivity index (χ3n) is 2.18. The van der Waals surface area contributed by atoms with E-state index in [9.17, 15) is 17.6 Å². The number of aromatic nitrogens is 2. The Labute approximate surface area is 104 Å². The number of hydrogen-bond donors (Lipinski definition) is 0. The van der Waals surface area contributed by atoms with Crippen molar-refractivity contribution in [2.75, 3.05) is 0 Å². The van der Waals surface area contributed by atoms with Crippen LogP contribution in [0.1, 0.15) is 5.56 Å². The average molecular weight is 277 g/mol. The Bertz CT molecular complexity index is 583. The number of rotatable bonds is 1. The van der Waals surface area contributed by atoms with E-state index >= 15 is 0 Å². The molecule has 2 aromatic rings. The van der Waals surface area contributed by atoms with E-state index in [4.69, 9.17) is 11.6 Å². The Morgan fingerprint density at radius 3 is 2.39 bits per heavy atom. The van der Waals surface area contributed by atoms with Crippen molar-refractivity contribution in [1.29, 1.82) is 0 Å². The van der Waals surface area contributed by atoms with Crippen LogP contribution in [0.3, 0.4) is 0 Å². The molecule has 1 aromatic carbocycles. The van der Waals surface area contributed by atoms with Crippen LogP contribution in [0.5, 0.6) is 0 Å². The van der Waals surface area contributed by atoms with Gasteiger partial charge in [-0.2, -0.15) is 13.2 Å². The quantitative estimate of drug-likeness (QED) is 0.737. The van der Waals surface area contributed by atoms with E-state index in [-0.39, 0.29) is 16.4 Å². The minimum atomic E-state index is -4.72. The van der Waals surface area contributed by atoms with Crippen LogP contribution in [-0.2, 0) is 6.18 Å². The van der Waals surface area contributed by atoms with Gasteiger partial charge in [0.25, 0.3) is 0 Å². The molecular formula is C11H5ClF4N2. The van der Waals surface area contributed by atoms with Gasteiger partial charge in [-0.25, -0.2) is 9.37 Å². The summed E-state index contributed by atoms with van der Waals surface area (Å²) in [6.07, 6.45) is -2.16. The molecule has 94 valence electrons. The van der Waals surface area contributed by atoms with Crippen molar-refractivity contribution in [3.05, 3.63) is 47.1 Å². The summed E-state index contributed by atoms with van der Waals surface area (Å²) in [6.45, 7) is 0. The van der Waals surface area contributed by atoms with Gasteiger partial charge in [-0.05, 0) is 12.1 Å². The van der Waals surface area contributed by atoms with Crippen molar-refractivity contribution in [3.8, 4) is 11.3 Å². The van der Waals surface area contributed by atoms with Crippen molar-refractivity contribution in [2.45, 2.75) is 6.18 Å². The van der Waals surface area contributed by atoms with Crippen LogP contribution in [-0.4, -0.2) is 9.97 Å². The first-order valence-corrected chi connectivity index (χ1v) is 5.10. The van der Waals surface area contributed by atoms with Crippen LogP contribution in [0.4, 0.5) is 17.6 Å². The first-order chi connectivity index (χ1) is 8.38. The molecule has 0 atom stereocenters. The van der Waals surface area contributed by atoms with Crippen molar-refractivity contribution < 1.29 is 17.6 Å². The fourth-order valence-electron chi connectivity index (χ4n) is 1.39. The molecule has 18 heavy (non-hydrogen) atoms. The number of halogens is 5. The lowest BCUT2D eigenvalue weighted by Crippen LogP contribution is -2.07. The van der Waals surface area contributed by atoms with Crippen LogP contribution in [0.15, 0.2) is 30.6 Å². The Balaban J connectivity index is 2.47. The third-order valence-corrected chi connectivity index (χ3v) is 2.36. The molecule has 0 unspecified atom stereocenters. The Kier molecular flexibility index (Phi) is 3.21. The fourth-order valence-corrected chi connectivity index (χ4v) is 1.53. The summed E-state index contributed by atoms with van der Waals surface area (Å²) in [5, 5.41) is 0.0767. The highest BCUT2D eigenvalue weighted by Crippen LogP contribution is 2.33. The van der Waals surface area contributed by atoms with Crippen LogP contribution in [0.25, 0.3) is 11.3 Å². The topological polar surface area (TPSA) is 25.8 Å². The molecule has 0 aliphatic heterocycles. The van der Waals surface area contributed by atoms with Crippen molar-refractivity contribution in [3.63, 3.8) is 0 Å². The second-order valence-corrected chi connectivity index (χ2v) is 3.81. The summed E-state index contributed by atoms with van der Waals surface area (Å²) in [6, 6.07) is 2.53. The molecule has 0 amide bonds. The second kappa shape index (κ2) is 4.53. The van der Waals surface area contributed by atoms with Gasteiger partial charge in [-0.1, -0.05) is 17.7 Å². The molecule has 0 saturated heterocycles. The van der Waals surface area contributed by atoms with Gasteiger partial charge in [0.15, 0.2) is 0 Å². The zero-order chi connectivity index (χ0) is 13.3. The lowest BCUT2D eigenvalue weighted by atomic mass is 10.1. The summed E-state index contributed by atoms with van der Waals surface area (Å²) in [7, 11) is 0. The Hall–Kier alpha value is -1.69. The fraction of sp³-hybridized carbons (Fsp3) is 0.0909. The number of benzene rings is 1. The van der Waals surface area contributed by atoms with Crippen LogP contribution in [0, 0.1) is 5.82 Å². The van der Waals surface area contributed by atoms with Gasteiger partial charge in [0.2, 0.25) is 0 Å². The highest BCUT2D eigenvalue weighted by atomic mass is 35.5. The van der Waals surface area contributed by atoms with Crippen molar-refractivity contribution >= 4 is 11.6 Å². The Morgan fingerprint density at radius 1 is 1.11 bits per heavy atom. The standard InChI is InChI=1S/C11H5ClF4N2/c12-10-5-17-4-9(18-10)6-1-2-7(8(13)3-6)11(14,15)16/h1-5H. The van der Waals surface area contributed by atoms with Crippen molar-refractivity contribution in [1.82, 2.24) is 9.97 Å². The molecule has 0 saturated carbocycles. The van der Waals surface area contributed by atoms with E-state index in [0.717, 1.165) is 12.1 Å². The predicted molar refractivity (Wildman–Crippen MR) is 57.4 cm³/mol. The molecule has 7 heteroatoms. The van der Waals surface area contributed by atoms with E-state index in [0.29, 0.717) is 6.07 Å². The van der Waals surface area contributed by atoms with E-state index in [1.165, 1.54) is 12.4 Å². The molecule has 0 aliphatic carbocycles. The van der Waals surface area contributed by atoms with E-state index in [1.54, 1.807) is 0 Å². The third kappa shape index (κ3) is 2.59. The predicted octanol–water partition coefficient (Wildman–Crippen LogP) is 3.95. The maximum absolute atomic E-state index is 13.3. The molecule has 0 bridgehead atoms. The molecule has 2 nitrogen and oxygen atoms in total. The average Bonchev–Trinajstić information content (AvgIpc) is 2.27. The molecule has 1 aromatic heterocycles. The molecular weight excluding hydrogens is 272 g/mol. The smallest absolute Gasteiger partial charge is 0.259 e. The largest absolute Gasteiger partial charge is 0.419 e. The van der Waals surface area contributed by atoms with Gasteiger partial charge >= 0.3 is 6.18 Å². The van der Waals surface area contributed by atoms with Gasteiger partial charge < -0.3 is 0 Å². The first-order valence-electron chi connectivity index (χ1n) is 4.72. The normalized spacial score (nSPS) is 11.6. The molecule has 0 N–H and O–H groups in total. The summed E-state index contributed by atoms with van der Waals surface area (Å²) >= 11 is 5.59. The molecule has 1 heterocycles. The SMILES string of the molecule is Fc1cc(-c2cncc(Cl)n2)ccc1C(F)(F)F. The highest BCUT2D eigenvalue weighted by molar-refractivity contribution is 6.29. The van der Waals surface area contributed by atoms with Crippen LogP contribution < -0.4 is 0 Å². The molecule has 2 rings (SSSR count). The zero-order valence-electron chi connectivity index (χ0n) is 8.67. The lowest BCUT2D eigenvalue weighted by Gasteiger charge is -2.09. The minimum Gasteiger partial charge on any atom is -0.259 e. The zero-order valence-corrected chi connectivity index (χ0v) is 9.43. The van der Waals surface area contributed by atoms with Crippen LogP contribution in [0.2, 0.25) is 5.15 Å². The van der Waals surface area contributed by atoms with E-state index in [2.05, 4.69) is 9.97 Å². The maximum Gasteiger partial charge on any atom is 0.419 e. The summed E-state index contributed by atoms with van der Waals surface area (Å²) in [4.78, 5) is 7.55. The van der Waals surface area contributed by atoms with Crippen LogP contribution >= 0.6 is 11.6 Å². The number of nitrogens with zero attached hydrogens (tertiary/aromatic N) is 2. The van der Waals surface area contributed by atoms with E-state index < -0.39 is 17.6 Å². The van der Waals surface area contributed by atoms with Crippen molar-refractivity contribution in [2.24, 2.45) is 0 Å². The lowest BCUT2D eigenvalue weighted by molar-refractivity contribution is -0.139. The van der Waals surface area contributed by atoms with E-state index in [1.807, 2.05) is 0 Å². The highest BCUT2D eigenvalue weighted by Gasteiger charge is 2.33.